The van der Waals surface area contributed by atoms with Crippen molar-refractivity contribution < 1.29 is 4.79 Å². The van der Waals surface area contributed by atoms with Crippen molar-refractivity contribution in [3.8, 4) is 0 Å². The first-order valence-electron chi connectivity index (χ1n) is 5.38. The van der Waals surface area contributed by atoms with Crippen LogP contribution in [0.5, 0.6) is 0 Å². The van der Waals surface area contributed by atoms with Crippen molar-refractivity contribution in [2.75, 3.05) is 13.1 Å². The maximum absolute atomic E-state index is 11.4. The van der Waals surface area contributed by atoms with Crippen molar-refractivity contribution in [3.63, 3.8) is 0 Å². The van der Waals surface area contributed by atoms with Gasteiger partial charge in [-0.05, 0) is 30.5 Å². The first-order chi connectivity index (χ1) is 7.66. The molecular weight excluding hydrogens is 245 g/mol. The zero-order chi connectivity index (χ0) is 11.5. The molecule has 1 aromatic rings. The smallest absolute Gasteiger partial charge is 0.222 e. The Morgan fingerprint density at radius 1 is 1.31 bits per heavy atom. The first-order valence-corrected chi connectivity index (χ1v) is 6.14. The summed E-state index contributed by atoms with van der Waals surface area (Å²) in [4.78, 5) is 13.3. The summed E-state index contributed by atoms with van der Waals surface area (Å²) in [6, 6.07) is 5.49. The molecule has 4 heteroatoms. The second-order valence-electron chi connectivity index (χ2n) is 3.97. The molecule has 0 N–H and O–H groups in total. The standard InChI is InChI=1S/C12H13Cl2NO/c13-10-4-3-9(11(14)8-10)5-7-15-6-1-2-12(15)16/h3-4,8H,1-2,5-7H2. The molecule has 16 heavy (non-hydrogen) atoms. The quantitative estimate of drug-likeness (QED) is 0.815. The van der Waals surface area contributed by atoms with E-state index in [0.717, 1.165) is 31.5 Å². The zero-order valence-electron chi connectivity index (χ0n) is 8.88. The van der Waals surface area contributed by atoms with E-state index in [4.69, 9.17) is 23.2 Å². The third kappa shape index (κ3) is 2.69. The highest BCUT2D eigenvalue weighted by Gasteiger charge is 2.19. The van der Waals surface area contributed by atoms with Gasteiger partial charge in [-0.3, -0.25) is 4.79 Å². The minimum Gasteiger partial charge on any atom is -0.342 e. The Morgan fingerprint density at radius 3 is 2.75 bits per heavy atom. The summed E-state index contributed by atoms with van der Waals surface area (Å²) in [7, 11) is 0. The normalized spacial score (nSPS) is 15.9. The average Bonchev–Trinajstić information content (AvgIpc) is 2.63. The summed E-state index contributed by atoms with van der Waals surface area (Å²) in [6.45, 7) is 1.63. The highest BCUT2D eigenvalue weighted by molar-refractivity contribution is 6.35. The van der Waals surface area contributed by atoms with Crippen molar-refractivity contribution in [2.45, 2.75) is 19.3 Å². The number of benzene rings is 1. The molecule has 0 atom stereocenters. The summed E-state index contributed by atoms with van der Waals surface area (Å²) in [5.74, 6) is 0.255. The molecule has 0 bridgehead atoms. The number of amides is 1. The molecule has 1 aromatic carbocycles. The van der Waals surface area contributed by atoms with Gasteiger partial charge in [0.25, 0.3) is 0 Å². The Labute approximate surface area is 105 Å². The summed E-state index contributed by atoms with van der Waals surface area (Å²) in [5.41, 5.74) is 1.05. The lowest BCUT2D eigenvalue weighted by molar-refractivity contribution is -0.127. The van der Waals surface area contributed by atoms with E-state index in [1.807, 2.05) is 17.0 Å². The van der Waals surface area contributed by atoms with Gasteiger partial charge in [0, 0.05) is 29.6 Å². The van der Waals surface area contributed by atoms with Gasteiger partial charge in [0.1, 0.15) is 0 Å². The molecule has 2 nitrogen and oxygen atoms in total. The van der Waals surface area contributed by atoms with Gasteiger partial charge in [0.2, 0.25) is 5.91 Å². The van der Waals surface area contributed by atoms with E-state index in [1.54, 1.807) is 6.07 Å². The topological polar surface area (TPSA) is 20.3 Å². The van der Waals surface area contributed by atoms with E-state index in [-0.39, 0.29) is 5.91 Å². The number of hydrogen-bond acceptors (Lipinski definition) is 1. The van der Waals surface area contributed by atoms with Crippen LogP contribution in [0.1, 0.15) is 18.4 Å². The third-order valence-electron chi connectivity index (χ3n) is 2.84. The Balaban J connectivity index is 1.96. The molecule has 1 fully saturated rings. The van der Waals surface area contributed by atoms with Crippen LogP contribution in [0.15, 0.2) is 18.2 Å². The highest BCUT2D eigenvalue weighted by Crippen LogP contribution is 2.22. The Morgan fingerprint density at radius 2 is 2.12 bits per heavy atom. The van der Waals surface area contributed by atoms with Crippen molar-refractivity contribution in [2.24, 2.45) is 0 Å². The molecule has 0 saturated carbocycles. The molecule has 1 saturated heterocycles. The van der Waals surface area contributed by atoms with E-state index in [1.165, 1.54) is 0 Å². The minimum absolute atomic E-state index is 0.255. The van der Waals surface area contributed by atoms with Gasteiger partial charge < -0.3 is 4.90 Å². The predicted octanol–water partition coefficient (Wildman–Crippen LogP) is 3.16. The largest absolute Gasteiger partial charge is 0.342 e. The minimum atomic E-state index is 0.255. The van der Waals surface area contributed by atoms with Gasteiger partial charge in [0.15, 0.2) is 0 Å². The predicted molar refractivity (Wildman–Crippen MR) is 66.0 cm³/mol. The second-order valence-corrected chi connectivity index (χ2v) is 4.81. The highest BCUT2D eigenvalue weighted by atomic mass is 35.5. The molecule has 86 valence electrons. The molecule has 0 radical (unpaired) electrons. The van der Waals surface area contributed by atoms with Crippen LogP contribution < -0.4 is 0 Å². The van der Waals surface area contributed by atoms with Crippen molar-refractivity contribution in [3.05, 3.63) is 33.8 Å². The van der Waals surface area contributed by atoms with Crippen molar-refractivity contribution in [1.82, 2.24) is 4.90 Å². The second kappa shape index (κ2) is 5.07. The van der Waals surface area contributed by atoms with E-state index in [0.29, 0.717) is 16.5 Å². The van der Waals surface area contributed by atoms with Crippen LogP contribution in [-0.4, -0.2) is 23.9 Å². The van der Waals surface area contributed by atoms with Gasteiger partial charge in [0.05, 0.1) is 0 Å². The van der Waals surface area contributed by atoms with Crippen LogP contribution in [0.3, 0.4) is 0 Å². The Kier molecular flexibility index (Phi) is 3.72. The molecule has 1 aliphatic rings. The van der Waals surface area contributed by atoms with Crippen LogP contribution in [0.4, 0.5) is 0 Å². The molecule has 0 unspecified atom stereocenters. The van der Waals surface area contributed by atoms with Crippen LogP contribution >= 0.6 is 23.2 Å². The van der Waals surface area contributed by atoms with E-state index in [9.17, 15) is 4.79 Å². The van der Waals surface area contributed by atoms with E-state index >= 15 is 0 Å². The molecule has 1 aliphatic heterocycles. The molecule has 0 aromatic heterocycles. The fourth-order valence-corrected chi connectivity index (χ4v) is 2.42. The van der Waals surface area contributed by atoms with Crippen LogP contribution in [0, 0.1) is 0 Å². The Bertz CT molecular complexity index is 406. The third-order valence-corrected chi connectivity index (χ3v) is 3.42. The molecular formula is C12H13Cl2NO. The Hall–Kier alpha value is -0.730. The lowest BCUT2D eigenvalue weighted by atomic mass is 10.1. The van der Waals surface area contributed by atoms with Gasteiger partial charge in [-0.25, -0.2) is 0 Å². The lowest BCUT2D eigenvalue weighted by Crippen LogP contribution is -2.26. The number of hydrogen-bond donors (Lipinski definition) is 0. The van der Waals surface area contributed by atoms with Gasteiger partial charge >= 0.3 is 0 Å². The lowest BCUT2D eigenvalue weighted by Gasteiger charge is -2.15. The number of carbonyl (C=O) groups excluding carboxylic acids is 1. The zero-order valence-corrected chi connectivity index (χ0v) is 10.4. The van der Waals surface area contributed by atoms with Crippen molar-refractivity contribution in [1.29, 1.82) is 0 Å². The summed E-state index contributed by atoms with van der Waals surface area (Å²) < 4.78 is 0. The summed E-state index contributed by atoms with van der Waals surface area (Å²) in [5, 5.41) is 1.32. The van der Waals surface area contributed by atoms with E-state index < -0.39 is 0 Å². The fraction of sp³-hybridized carbons (Fsp3) is 0.417. The van der Waals surface area contributed by atoms with E-state index in [2.05, 4.69) is 0 Å². The van der Waals surface area contributed by atoms with Gasteiger partial charge in [-0.2, -0.15) is 0 Å². The van der Waals surface area contributed by atoms with Crippen LogP contribution in [0.2, 0.25) is 10.0 Å². The summed E-state index contributed by atoms with van der Waals surface area (Å²) >= 11 is 11.9. The maximum Gasteiger partial charge on any atom is 0.222 e. The van der Waals surface area contributed by atoms with Crippen molar-refractivity contribution >= 4 is 29.1 Å². The van der Waals surface area contributed by atoms with Crippen LogP contribution in [0.25, 0.3) is 0 Å². The van der Waals surface area contributed by atoms with Crippen LogP contribution in [-0.2, 0) is 11.2 Å². The van der Waals surface area contributed by atoms with Gasteiger partial charge in [-0.1, -0.05) is 29.3 Å². The summed E-state index contributed by atoms with van der Waals surface area (Å²) in [6.07, 6.45) is 2.46. The molecule has 1 amide bonds. The monoisotopic (exact) mass is 257 g/mol. The SMILES string of the molecule is O=C1CCCN1CCc1ccc(Cl)cc1Cl. The number of rotatable bonds is 3. The molecule has 1 heterocycles. The molecule has 0 aliphatic carbocycles. The molecule has 0 spiro atoms. The average molecular weight is 258 g/mol. The number of halogens is 2. The van der Waals surface area contributed by atoms with Gasteiger partial charge in [-0.15, -0.1) is 0 Å². The first kappa shape index (κ1) is 11.7. The maximum atomic E-state index is 11.4. The fourth-order valence-electron chi connectivity index (χ4n) is 1.92. The number of nitrogens with zero attached hydrogens (tertiary/aromatic N) is 1. The number of likely N-dealkylation sites (tertiary alicyclic amines) is 1. The number of carbonyl (C=O) groups is 1. The molecule has 2 rings (SSSR count).